The van der Waals surface area contributed by atoms with E-state index in [1.807, 2.05) is 14.7 Å². The number of hydrogen-bond donors (Lipinski definition) is 3. The molecule has 1 rings (SSSR count). The van der Waals surface area contributed by atoms with E-state index in [0.717, 1.165) is 0 Å². The average molecular weight is 751 g/mol. The molecule has 0 spiro atoms. The van der Waals surface area contributed by atoms with Crippen molar-refractivity contribution in [1.29, 1.82) is 0 Å². The number of esters is 3. The van der Waals surface area contributed by atoms with E-state index in [1.54, 1.807) is 74.1 Å². The maximum Gasteiger partial charge on any atom is 0.320 e. The smallest absolute Gasteiger partial charge is 0.320 e. The van der Waals surface area contributed by atoms with Crippen molar-refractivity contribution >= 4 is 39.8 Å². The van der Waals surface area contributed by atoms with E-state index in [2.05, 4.69) is 10.6 Å². The predicted octanol–water partition coefficient (Wildman–Crippen LogP) is -0.0531. The third-order valence-corrected chi connectivity index (χ3v) is 7.97. The van der Waals surface area contributed by atoms with Crippen molar-refractivity contribution in [2.45, 2.75) is 86.5 Å². The molecule has 18 heteroatoms. The molecule has 1 saturated heterocycles. The van der Waals surface area contributed by atoms with Crippen molar-refractivity contribution < 1.29 is 51.2 Å². The SMILES string of the molecule is CCNC(=O)[C@@H](CS(=O)(=O)O)NC(=O)CN1CCN(COC(=O)C(C)(C)C)CCN(CC(=O)OC(C)(C)C)CCN(CC(=O)OC(C)(C)C)CC1. The summed E-state index contributed by atoms with van der Waals surface area (Å²) in [6.45, 7) is 20.0. The minimum atomic E-state index is -4.60. The van der Waals surface area contributed by atoms with E-state index in [9.17, 15) is 36.9 Å². The normalized spacial score (nSPS) is 17.7. The molecule has 1 atom stereocenters. The van der Waals surface area contributed by atoms with Crippen LogP contribution in [0.1, 0.15) is 69.2 Å². The van der Waals surface area contributed by atoms with E-state index in [0.29, 0.717) is 39.3 Å². The van der Waals surface area contributed by atoms with Gasteiger partial charge in [0.05, 0.1) is 25.0 Å². The van der Waals surface area contributed by atoms with Crippen molar-refractivity contribution in [2.75, 3.05) is 91.0 Å². The van der Waals surface area contributed by atoms with Gasteiger partial charge in [-0.05, 0) is 69.2 Å². The molecule has 0 saturated carbocycles. The molecule has 0 aromatic carbocycles. The molecule has 3 N–H and O–H groups in total. The van der Waals surface area contributed by atoms with Gasteiger partial charge in [-0.2, -0.15) is 8.42 Å². The highest BCUT2D eigenvalue weighted by Gasteiger charge is 2.29. The van der Waals surface area contributed by atoms with Crippen LogP contribution in [-0.4, -0.2) is 171 Å². The minimum absolute atomic E-state index is 0.00417. The summed E-state index contributed by atoms with van der Waals surface area (Å²) >= 11 is 0. The maximum absolute atomic E-state index is 13.2. The lowest BCUT2D eigenvalue weighted by molar-refractivity contribution is -0.159. The van der Waals surface area contributed by atoms with Gasteiger partial charge >= 0.3 is 17.9 Å². The Labute approximate surface area is 303 Å². The summed E-state index contributed by atoms with van der Waals surface area (Å²) in [6.07, 6.45) is 0. The first-order chi connectivity index (χ1) is 23.3. The molecule has 0 radical (unpaired) electrons. The number of carbonyl (C=O) groups excluding carboxylic acids is 5. The minimum Gasteiger partial charge on any atom is -0.459 e. The van der Waals surface area contributed by atoms with E-state index < -0.39 is 68.3 Å². The first kappa shape index (κ1) is 46.1. The second-order valence-corrected chi connectivity index (χ2v) is 17.2. The summed E-state index contributed by atoms with van der Waals surface area (Å²) in [5.41, 5.74) is -2.12. The van der Waals surface area contributed by atoms with Gasteiger partial charge in [0, 0.05) is 58.9 Å². The Kier molecular flexibility index (Phi) is 18.4. The Balaban J connectivity index is 3.35. The van der Waals surface area contributed by atoms with Crippen molar-refractivity contribution in [3.63, 3.8) is 0 Å². The van der Waals surface area contributed by atoms with Crippen LogP contribution in [0.15, 0.2) is 0 Å². The zero-order chi connectivity index (χ0) is 39.2. The zero-order valence-corrected chi connectivity index (χ0v) is 33.0. The molecule has 0 unspecified atom stereocenters. The summed E-state index contributed by atoms with van der Waals surface area (Å²) in [5, 5.41) is 4.87. The third kappa shape index (κ3) is 21.9. The maximum atomic E-state index is 13.2. The fraction of sp³-hybridized carbons (Fsp3) is 0.848. The lowest BCUT2D eigenvalue weighted by Gasteiger charge is -2.34. The molecular weight excluding hydrogens is 688 g/mol. The standard InChI is InChI=1S/C33H62N6O11S/c1-11-34-29(43)25(23-51(45,46)47)35-26(40)20-36-12-13-37(21-27(41)49-32(5,6)7)14-15-38(22-28(42)50-33(8,9)10)17-19-39(18-16-36)24-48-30(44)31(2,3)4/h25H,11-24H2,1-10H3,(H,34,43)(H,35,40)(H,45,46,47)/t25-/m1/s1. The van der Waals surface area contributed by atoms with Crippen LogP contribution in [-0.2, 0) is 48.3 Å². The Morgan fingerprint density at radius 3 is 1.43 bits per heavy atom. The molecule has 17 nitrogen and oxygen atoms in total. The van der Waals surface area contributed by atoms with Gasteiger partial charge in [-0.3, -0.25) is 48.1 Å². The molecule has 0 aromatic rings. The average Bonchev–Trinajstić information content (AvgIpc) is 2.93. The number of rotatable bonds is 13. The number of nitrogens with zero attached hydrogens (tertiary/aromatic N) is 4. The number of likely N-dealkylation sites (N-methyl/N-ethyl adjacent to an activating group) is 1. The lowest BCUT2D eigenvalue weighted by Crippen LogP contribution is -2.54. The van der Waals surface area contributed by atoms with Crippen LogP contribution in [0.5, 0.6) is 0 Å². The highest BCUT2D eigenvalue weighted by molar-refractivity contribution is 7.85. The van der Waals surface area contributed by atoms with Gasteiger partial charge in [-0.15, -0.1) is 0 Å². The Hall–Kier alpha value is -2.90. The molecule has 1 fully saturated rings. The molecule has 2 amide bonds. The summed E-state index contributed by atoms with van der Waals surface area (Å²) in [7, 11) is -4.60. The highest BCUT2D eigenvalue weighted by atomic mass is 32.2. The number of carbonyl (C=O) groups is 5. The Morgan fingerprint density at radius 1 is 0.686 bits per heavy atom. The second-order valence-electron chi connectivity index (χ2n) is 15.7. The van der Waals surface area contributed by atoms with Gasteiger partial charge in [0.25, 0.3) is 10.1 Å². The van der Waals surface area contributed by atoms with Crippen molar-refractivity contribution in [3.05, 3.63) is 0 Å². The van der Waals surface area contributed by atoms with Crippen molar-refractivity contribution in [3.8, 4) is 0 Å². The quantitative estimate of drug-likeness (QED) is 0.128. The fourth-order valence-electron chi connectivity index (χ4n) is 4.80. The summed E-state index contributed by atoms with van der Waals surface area (Å²) in [4.78, 5) is 71.5. The van der Waals surface area contributed by atoms with Crippen LogP contribution in [0.3, 0.4) is 0 Å². The lowest BCUT2D eigenvalue weighted by atomic mass is 9.98. The highest BCUT2D eigenvalue weighted by Crippen LogP contribution is 2.15. The van der Waals surface area contributed by atoms with Gasteiger partial charge in [-0.25, -0.2) is 0 Å². The topological polar surface area (TPSA) is 204 Å². The van der Waals surface area contributed by atoms with Gasteiger partial charge in [0.15, 0.2) is 0 Å². The molecule has 1 aliphatic heterocycles. The van der Waals surface area contributed by atoms with Gasteiger partial charge in [0.2, 0.25) is 11.8 Å². The van der Waals surface area contributed by atoms with Gasteiger partial charge in [0.1, 0.15) is 29.7 Å². The second kappa shape index (κ2) is 20.4. The molecule has 1 heterocycles. The zero-order valence-electron chi connectivity index (χ0n) is 32.2. The molecule has 296 valence electrons. The first-order valence-corrected chi connectivity index (χ1v) is 18.9. The molecule has 0 aromatic heterocycles. The monoisotopic (exact) mass is 750 g/mol. The molecule has 0 bridgehead atoms. The van der Waals surface area contributed by atoms with Crippen LogP contribution >= 0.6 is 0 Å². The van der Waals surface area contributed by atoms with E-state index in [1.165, 1.54) is 0 Å². The van der Waals surface area contributed by atoms with E-state index >= 15 is 0 Å². The molecule has 0 aliphatic carbocycles. The predicted molar refractivity (Wildman–Crippen MR) is 190 cm³/mol. The van der Waals surface area contributed by atoms with Crippen LogP contribution in [0.2, 0.25) is 0 Å². The Morgan fingerprint density at radius 2 is 1.08 bits per heavy atom. The number of amides is 2. The first-order valence-electron chi connectivity index (χ1n) is 17.3. The Bertz CT molecular complexity index is 1280. The molecular formula is C33H62N6O11S. The summed E-state index contributed by atoms with van der Waals surface area (Å²) in [5.74, 6) is -3.67. The van der Waals surface area contributed by atoms with Crippen LogP contribution in [0.4, 0.5) is 0 Å². The third-order valence-electron chi connectivity index (χ3n) is 7.21. The van der Waals surface area contributed by atoms with Gasteiger partial charge < -0.3 is 24.8 Å². The van der Waals surface area contributed by atoms with Crippen LogP contribution in [0.25, 0.3) is 0 Å². The van der Waals surface area contributed by atoms with Crippen molar-refractivity contribution in [1.82, 2.24) is 30.2 Å². The van der Waals surface area contributed by atoms with Crippen molar-refractivity contribution in [2.24, 2.45) is 5.41 Å². The summed E-state index contributed by atoms with van der Waals surface area (Å²) in [6, 6.07) is -1.52. The van der Waals surface area contributed by atoms with E-state index in [4.69, 9.17) is 14.2 Å². The molecule has 51 heavy (non-hydrogen) atoms. The number of ether oxygens (including phenoxy) is 3. The van der Waals surface area contributed by atoms with Crippen LogP contribution < -0.4 is 10.6 Å². The fourth-order valence-corrected chi connectivity index (χ4v) is 5.45. The number of hydrogen-bond acceptors (Lipinski definition) is 14. The van der Waals surface area contributed by atoms with Crippen LogP contribution in [0, 0.1) is 5.41 Å². The molecule has 1 aliphatic rings. The largest absolute Gasteiger partial charge is 0.459 e. The van der Waals surface area contributed by atoms with Gasteiger partial charge in [-0.1, -0.05) is 0 Å². The van der Waals surface area contributed by atoms with E-state index in [-0.39, 0.29) is 46.0 Å². The number of nitrogens with one attached hydrogen (secondary N) is 2. The summed E-state index contributed by atoms with van der Waals surface area (Å²) < 4.78 is 49.3.